The van der Waals surface area contributed by atoms with Crippen molar-refractivity contribution >= 4 is 23.2 Å². The summed E-state index contributed by atoms with van der Waals surface area (Å²) in [6.07, 6.45) is 2.13. The summed E-state index contributed by atoms with van der Waals surface area (Å²) in [5, 5.41) is 0. The monoisotopic (exact) mass is 517 g/mol. The summed E-state index contributed by atoms with van der Waals surface area (Å²) in [6.45, 7) is 3.36. The van der Waals surface area contributed by atoms with Gasteiger partial charge in [-0.15, -0.1) is 0 Å². The van der Waals surface area contributed by atoms with Gasteiger partial charge < -0.3 is 10.5 Å². The fraction of sp³-hybridized carbons (Fsp3) is 0.300. The number of esters is 1. The van der Waals surface area contributed by atoms with Gasteiger partial charge in [0.1, 0.15) is 11.6 Å². The summed E-state index contributed by atoms with van der Waals surface area (Å²) < 4.78 is 33.5. The lowest BCUT2D eigenvalue weighted by Gasteiger charge is -2.32. The van der Waals surface area contributed by atoms with Gasteiger partial charge in [0.2, 0.25) is 0 Å². The quantitative estimate of drug-likeness (QED) is 0.199. The molecule has 2 heterocycles. The molecule has 2 aliphatic heterocycles. The van der Waals surface area contributed by atoms with E-state index in [0.29, 0.717) is 30.8 Å². The number of halogens is 2. The molecule has 2 aliphatic rings. The van der Waals surface area contributed by atoms with E-state index >= 15 is 0 Å². The van der Waals surface area contributed by atoms with Gasteiger partial charge >= 0.3 is 5.97 Å². The lowest BCUT2D eigenvalue weighted by Crippen LogP contribution is -2.36. The second-order valence-corrected chi connectivity index (χ2v) is 9.95. The number of hydrogen-bond acceptors (Lipinski definition) is 6. The maximum atomic E-state index is 14.1. The van der Waals surface area contributed by atoms with Crippen molar-refractivity contribution in [2.75, 3.05) is 18.8 Å². The average molecular weight is 518 g/mol. The molecule has 0 aromatic heterocycles. The Bertz CT molecular complexity index is 1420. The number of fused-ring (bicyclic) bond motifs is 1. The Morgan fingerprint density at radius 3 is 2.66 bits per heavy atom. The molecule has 0 bridgehead atoms. The smallest absolute Gasteiger partial charge is 0.308 e. The molecule has 8 heteroatoms. The van der Waals surface area contributed by atoms with E-state index in [-0.39, 0.29) is 29.6 Å². The highest BCUT2D eigenvalue weighted by atomic mass is 19.1. The van der Waals surface area contributed by atoms with Crippen LogP contribution in [0.3, 0.4) is 0 Å². The average Bonchev–Trinajstić information content (AvgIpc) is 3.31. The Morgan fingerprint density at radius 2 is 1.89 bits per heavy atom. The summed E-state index contributed by atoms with van der Waals surface area (Å²) in [6, 6.07) is 14.7. The normalized spacial score (nSPS) is 17.1. The molecule has 0 amide bonds. The van der Waals surface area contributed by atoms with E-state index in [0.717, 1.165) is 41.8 Å². The van der Waals surface area contributed by atoms with Crippen molar-refractivity contribution in [1.29, 1.82) is 0 Å². The van der Waals surface area contributed by atoms with Crippen LogP contribution in [0.1, 0.15) is 58.8 Å². The van der Waals surface area contributed by atoms with E-state index in [1.807, 2.05) is 29.2 Å². The molecular formula is C30H29F2N3O3. The molecule has 5 rings (SSSR count). The molecule has 1 atom stereocenters. The van der Waals surface area contributed by atoms with Crippen molar-refractivity contribution in [1.82, 2.24) is 4.90 Å². The van der Waals surface area contributed by atoms with E-state index in [9.17, 15) is 18.4 Å². The van der Waals surface area contributed by atoms with Gasteiger partial charge in [0.25, 0.3) is 0 Å². The van der Waals surface area contributed by atoms with Crippen LogP contribution in [0.5, 0.6) is 5.75 Å². The highest BCUT2D eigenvalue weighted by molar-refractivity contribution is 6.16. The number of Topliss-reactive ketones (excluding diaryl/α,β-unsaturated/α-hetero) is 1. The summed E-state index contributed by atoms with van der Waals surface area (Å²) in [5.74, 6) is -1.14. The molecule has 1 saturated heterocycles. The molecule has 3 aromatic rings. The Morgan fingerprint density at radius 1 is 1.11 bits per heavy atom. The van der Waals surface area contributed by atoms with E-state index in [2.05, 4.69) is 4.99 Å². The molecule has 0 radical (unpaired) electrons. The third-order valence-electron chi connectivity index (χ3n) is 7.16. The minimum atomic E-state index is -0.542. The van der Waals surface area contributed by atoms with Crippen molar-refractivity contribution < 1.29 is 23.1 Å². The predicted molar refractivity (Wildman–Crippen MR) is 141 cm³/mol. The van der Waals surface area contributed by atoms with Gasteiger partial charge in [-0.3, -0.25) is 19.5 Å². The number of nitrogen functional groups attached to an aromatic ring is 1. The molecular weight excluding hydrogens is 488 g/mol. The van der Waals surface area contributed by atoms with E-state index in [1.165, 1.54) is 25.1 Å². The van der Waals surface area contributed by atoms with E-state index < -0.39 is 17.6 Å². The minimum Gasteiger partial charge on any atom is -0.424 e. The molecule has 196 valence electrons. The second kappa shape index (κ2) is 10.8. The summed E-state index contributed by atoms with van der Waals surface area (Å²) in [7, 11) is 0. The third-order valence-corrected chi connectivity index (χ3v) is 7.16. The predicted octanol–water partition coefficient (Wildman–Crippen LogP) is 5.31. The van der Waals surface area contributed by atoms with Gasteiger partial charge in [-0.25, -0.2) is 8.78 Å². The van der Waals surface area contributed by atoms with Crippen LogP contribution in [0.15, 0.2) is 59.6 Å². The lowest BCUT2D eigenvalue weighted by molar-refractivity contribution is -0.131. The lowest BCUT2D eigenvalue weighted by atomic mass is 9.89. The summed E-state index contributed by atoms with van der Waals surface area (Å²) >= 11 is 0. The van der Waals surface area contributed by atoms with Gasteiger partial charge in [0.05, 0.1) is 17.9 Å². The van der Waals surface area contributed by atoms with Crippen LogP contribution in [0.2, 0.25) is 0 Å². The Kier molecular flexibility index (Phi) is 7.33. The highest BCUT2D eigenvalue weighted by Crippen LogP contribution is 2.30. The number of aliphatic imine (C=N–C) groups is 1. The van der Waals surface area contributed by atoms with Crippen LogP contribution in [-0.4, -0.2) is 35.5 Å². The maximum Gasteiger partial charge on any atom is 0.308 e. The molecule has 38 heavy (non-hydrogen) atoms. The fourth-order valence-electron chi connectivity index (χ4n) is 5.28. The van der Waals surface area contributed by atoms with Crippen LogP contribution in [0, 0.1) is 17.6 Å². The van der Waals surface area contributed by atoms with Gasteiger partial charge in [0, 0.05) is 48.7 Å². The van der Waals surface area contributed by atoms with Crippen LogP contribution in [0.25, 0.3) is 0 Å². The zero-order chi connectivity index (χ0) is 26.8. The minimum absolute atomic E-state index is 0.0286. The maximum absolute atomic E-state index is 14.1. The number of benzene rings is 3. The summed E-state index contributed by atoms with van der Waals surface area (Å²) in [5.41, 5.74) is 10.3. The number of ether oxygens (including phenoxy) is 1. The molecule has 0 spiro atoms. The first-order chi connectivity index (χ1) is 18.3. The largest absolute Gasteiger partial charge is 0.424 e. The zero-order valence-electron chi connectivity index (χ0n) is 21.2. The molecule has 2 N–H and O–H groups in total. The third kappa shape index (κ3) is 5.50. The first-order valence-electron chi connectivity index (χ1n) is 12.7. The van der Waals surface area contributed by atoms with Crippen LogP contribution >= 0.6 is 0 Å². The topological polar surface area (TPSA) is 85.0 Å². The number of likely N-dealkylation sites (tertiary alicyclic amines) is 1. The molecule has 0 aliphatic carbocycles. The number of carbonyl (C=O) groups excluding carboxylic acids is 2. The Balaban J connectivity index is 1.29. The number of nitrogens with zero attached hydrogens (tertiary/aromatic N) is 2. The van der Waals surface area contributed by atoms with Gasteiger partial charge in [-0.1, -0.05) is 24.3 Å². The van der Waals surface area contributed by atoms with Crippen molar-refractivity contribution in [2.24, 2.45) is 10.9 Å². The van der Waals surface area contributed by atoms with Crippen LogP contribution in [0.4, 0.5) is 14.5 Å². The van der Waals surface area contributed by atoms with Gasteiger partial charge in [-0.05, 0) is 61.2 Å². The first-order valence-corrected chi connectivity index (χ1v) is 12.7. The highest BCUT2D eigenvalue weighted by Gasteiger charge is 2.26. The Labute approximate surface area is 220 Å². The van der Waals surface area contributed by atoms with E-state index in [4.69, 9.17) is 10.5 Å². The number of rotatable bonds is 7. The first kappa shape index (κ1) is 25.7. The van der Waals surface area contributed by atoms with Gasteiger partial charge in [-0.2, -0.15) is 0 Å². The zero-order valence-corrected chi connectivity index (χ0v) is 21.2. The molecule has 1 fully saturated rings. The van der Waals surface area contributed by atoms with Crippen molar-refractivity contribution in [3.05, 3.63) is 94.0 Å². The molecule has 0 unspecified atom stereocenters. The standard InChI is InChI=1S/C30H29F2N3O3/c1-18(36)38-29-14-21(9-10-27(29)33)30-23-13-20(7-8-22(23)15-34-30)28(37)12-19-4-3-11-35(16-19)17-24-25(31)5-2-6-26(24)32/h2,5-10,13-14,19H,3-4,11-12,15-17,33H2,1H3/t19-/m0/s1. The number of piperidine rings is 1. The Hall–Kier alpha value is -3.91. The van der Waals surface area contributed by atoms with Crippen molar-refractivity contribution in [2.45, 2.75) is 39.3 Å². The summed E-state index contributed by atoms with van der Waals surface area (Å²) in [4.78, 5) is 31.4. The molecule has 6 nitrogen and oxygen atoms in total. The SMILES string of the molecule is CC(=O)Oc1cc(C2=NCc3ccc(C(=O)C[C@@H]4CCCN(Cc5c(F)cccc5F)C4)cc32)ccc1N. The number of carbonyl (C=O) groups is 2. The number of anilines is 1. The number of nitrogens with two attached hydrogens (primary N) is 1. The van der Waals surface area contributed by atoms with Crippen molar-refractivity contribution in [3.8, 4) is 5.75 Å². The van der Waals surface area contributed by atoms with Crippen LogP contribution < -0.4 is 10.5 Å². The fourth-order valence-corrected chi connectivity index (χ4v) is 5.28. The molecule has 0 saturated carbocycles. The second-order valence-electron chi connectivity index (χ2n) is 9.95. The van der Waals surface area contributed by atoms with Gasteiger partial charge in [0.15, 0.2) is 11.5 Å². The van der Waals surface area contributed by atoms with Crippen molar-refractivity contribution in [3.63, 3.8) is 0 Å². The molecule has 3 aromatic carbocycles. The van der Waals surface area contributed by atoms with E-state index in [1.54, 1.807) is 12.1 Å². The number of ketones is 1. The van der Waals surface area contributed by atoms with Crippen LogP contribution in [-0.2, 0) is 17.9 Å². The number of hydrogen-bond donors (Lipinski definition) is 1.